The molecule has 1 aromatic rings. The molecule has 0 spiro atoms. The summed E-state index contributed by atoms with van der Waals surface area (Å²) in [7, 11) is 0. The van der Waals surface area contributed by atoms with Gasteiger partial charge in [0.05, 0.1) is 4.34 Å². The summed E-state index contributed by atoms with van der Waals surface area (Å²) in [6.07, 6.45) is 2.73. The molecule has 0 atom stereocenters. The normalized spacial score (nSPS) is 16.5. The van der Waals surface area contributed by atoms with Crippen LogP contribution in [0.3, 0.4) is 0 Å². The largest absolute Gasteiger partial charge is 0.294 e. The Kier molecular flexibility index (Phi) is 3.88. The first-order valence-electron chi connectivity index (χ1n) is 4.84. The molecule has 1 fully saturated rings. The third-order valence-electron chi connectivity index (χ3n) is 2.42. The summed E-state index contributed by atoms with van der Waals surface area (Å²) in [4.78, 5) is 3.92. The predicted octanol–water partition coefficient (Wildman–Crippen LogP) is 3.76. The van der Waals surface area contributed by atoms with Gasteiger partial charge in [-0.2, -0.15) is 0 Å². The Labute approximate surface area is 102 Å². The van der Waals surface area contributed by atoms with Gasteiger partial charge in [-0.25, -0.2) is 0 Å². The van der Waals surface area contributed by atoms with Gasteiger partial charge >= 0.3 is 0 Å². The van der Waals surface area contributed by atoms with E-state index in [0.717, 1.165) is 28.8 Å². The zero-order valence-corrected chi connectivity index (χ0v) is 11.0. The Bertz CT molecular complexity index is 298. The smallest absolute Gasteiger partial charge is 0.0931 e. The average Bonchev–Trinajstić information content (AvgIpc) is 2.91. The van der Waals surface area contributed by atoms with Crippen LogP contribution in [0.2, 0.25) is 4.34 Å². The topological polar surface area (TPSA) is 3.24 Å². The maximum atomic E-state index is 5.91. The standard InChI is InChI=1S/C10H13BrClNS/c11-5-6-13(8-1-2-8)7-9-3-4-10(12)14-9/h3-4,8H,1-2,5-7H2. The number of halogens is 2. The summed E-state index contributed by atoms with van der Waals surface area (Å²) in [5.74, 6) is 0. The van der Waals surface area contributed by atoms with E-state index in [9.17, 15) is 0 Å². The molecule has 0 saturated heterocycles. The van der Waals surface area contributed by atoms with Gasteiger partial charge in [-0.3, -0.25) is 4.90 Å². The molecule has 1 aromatic heterocycles. The van der Waals surface area contributed by atoms with Gasteiger partial charge < -0.3 is 0 Å². The third-order valence-corrected chi connectivity index (χ3v) is 3.99. The average molecular weight is 295 g/mol. The zero-order valence-electron chi connectivity index (χ0n) is 7.88. The second kappa shape index (κ2) is 4.97. The SMILES string of the molecule is Clc1ccc(CN(CCBr)C2CC2)s1. The molecule has 0 aromatic carbocycles. The molecule has 1 heterocycles. The predicted molar refractivity (Wildman–Crippen MR) is 66.6 cm³/mol. The number of rotatable bonds is 5. The quantitative estimate of drug-likeness (QED) is 0.747. The highest BCUT2D eigenvalue weighted by molar-refractivity contribution is 9.09. The van der Waals surface area contributed by atoms with Gasteiger partial charge in [0.25, 0.3) is 0 Å². The van der Waals surface area contributed by atoms with Gasteiger partial charge in [0.1, 0.15) is 0 Å². The molecule has 0 N–H and O–H groups in total. The Morgan fingerprint density at radius 2 is 2.29 bits per heavy atom. The van der Waals surface area contributed by atoms with Crippen molar-refractivity contribution in [1.82, 2.24) is 4.90 Å². The van der Waals surface area contributed by atoms with E-state index in [1.54, 1.807) is 11.3 Å². The minimum atomic E-state index is 0.827. The molecular weight excluding hydrogens is 282 g/mol. The lowest BCUT2D eigenvalue weighted by Gasteiger charge is -2.19. The summed E-state index contributed by atoms with van der Waals surface area (Å²) in [6.45, 7) is 2.20. The van der Waals surface area contributed by atoms with Crippen molar-refractivity contribution in [3.8, 4) is 0 Å². The minimum Gasteiger partial charge on any atom is -0.294 e. The monoisotopic (exact) mass is 293 g/mol. The summed E-state index contributed by atoms with van der Waals surface area (Å²) in [5, 5.41) is 1.06. The summed E-state index contributed by atoms with van der Waals surface area (Å²) < 4.78 is 0.898. The first kappa shape index (κ1) is 10.9. The van der Waals surface area contributed by atoms with Crippen LogP contribution in [0.1, 0.15) is 17.7 Å². The zero-order chi connectivity index (χ0) is 9.97. The number of hydrogen-bond donors (Lipinski definition) is 0. The highest BCUT2D eigenvalue weighted by atomic mass is 79.9. The van der Waals surface area contributed by atoms with Crippen molar-refractivity contribution in [2.24, 2.45) is 0 Å². The maximum absolute atomic E-state index is 5.91. The van der Waals surface area contributed by atoms with Gasteiger partial charge in [0.15, 0.2) is 0 Å². The molecule has 14 heavy (non-hydrogen) atoms. The number of nitrogens with zero attached hydrogens (tertiary/aromatic N) is 1. The molecule has 0 unspecified atom stereocenters. The lowest BCUT2D eigenvalue weighted by atomic mass is 10.4. The van der Waals surface area contributed by atoms with E-state index < -0.39 is 0 Å². The van der Waals surface area contributed by atoms with Crippen LogP contribution in [0, 0.1) is 0 Å². The second-order valence-corrected chi connectivity index (χ2v) is 6.19. The molecule has 78 valence electrons. The van der Waals surface area contributed by atoms with E-state index in [0.29, 0.717) is 0 Å². The van der Waals surface area contributed by atoms with Crippen molar-refractivity contribution >= 4 is 38.9 Å². The Hall–Kier alpha value is 0.430. The Morgan fingerprint density at radius 1 is 1.50 bits per heavy atom. The van der Waals surface area contributed by atoms with Crippen molar-refractivity contribution in [3.05, 3.63) is 21.3 Å². The third kappa shape index (κ3) is 2.96. The van der Waals surface area contributed by atoms with Crippen LogP contribution in [0.15, 0.2) is 12.1 Å². The maximum Gasteiger partial charge on any atom is 0.0931 e. The van der Waals surface area contributed by atoms with E-state index in [2.05, 4.69) is 26.9 Å². The van der Waals surface area contributed by atoms with Gasteiger partial charge in [0.2, 0.25) is 0 Å². The highest BCUT2D eigenvalue weighted by Crippen LogP contribution is 2.30. The molecule has 0 radical (unpaired) electrons. The fourth-order valence-corrected chi connectivity index (χ4v) is 3.14. The van der Waals surface area contributed by atoms with Crippen molar-refractivity contribution in [2.75, 3.05) is 11.9 Å². The Morgan fingerprint density at radius 3 is 2.79 bits per heavy atom. The fourth-order valence-electron chi connectivity index (χ4n) is 1.58. The van der Waals surface area contributed by atoms with Crippen LogP contribution >= 0.6 is 38.9 Å². The first-order chi connectivity index (χ1) is 6.79. The Balaban J connectivity index is 1.92. The van der Waals surface area contributed by atoms with Gasteiger partial charge in [-0.05, 0) is 25.0 Å². The number of hydrogen-bond acceptors (Lipinski definition) is 2. The molecule has 0 amide bonds. The van der Waals surface area contributed by atoms with Gasteiger partial charge in [0, 0.05) is 29.3 Å². The molecule has 1 nitrogen and oxygen atoms in total. The number of alkyl halides is 1. The van der Waals surface area contributed by atoms with E-state index in [4.69, 9.17) is 11.6 Å². The van der Waals surface area contributed by atoms with Crippen molar-refractivity contribution in [1.29, 1.82) is 0 Å². The lowest BCUT2D eigenvalue weighted by Crippen LogP contribution is -2.26. The van der Waals surface area contributed by atoms with Crippen LogP contribution < -0.4 is 0 Å². The summed E-state index contributed by atoms with van der Waals surface area (Å²) in [6, 6.07) is 4.95. The van der Waals surface area contributed by atoms with Crippen LogP contribution in [-0.4, -0.2) is 22.8 Å². The van der Waals surface area contributed by atoms with Crippen LogP contribution in [0.5, 0.6) is 0 Å². The van der Waals surface area contributed by atoms with Crippen molar-refractivity contribution < 1.29 is 0 Å². The molecule has 0 aliphatic heterocycles. The molecular formula is C10H13BrClNS. The molecule has 1 aliphatic carbocycles. The molecule has 1 aliphatic rings. The minimum absolute atomic E-state index is 0.827. The summed E-state index contributed by atoms with van der Waals surface area (Å²) in [5.41, 5.74) is 0. The fraction of sp³-hybridized carbons (Fsp3) is 0.600. The van der Waals surface area contributed by atoms with E-state index in [1.165, 1.54) is 17.7 Å². The van der Waals surface area contributed by atoms with Crippen LogP contribution in [0.4, 0.5) is 0 Å². The lowest BCUT2D eigenvalue weighted by molar-refractivity contribution is 0.275. The summed E-state index contributed by atoms with van der Waals surface area (Å²) >= 11 is 11.1. The molecule has 1 saturated carbocycles. The van der Waals surface area contributed by atoms with E-state index >= 15 is 0 Å². The number of thiophene rings is 1. The highest BCUT2D eigenvalue weighted by Gasteiger charge is 2.28. The molecule has 4 heteroatoms. The van der Waals surface area contributed by atoms with Crippen molar-refractivity contribution in [2.45, 2.75) is 25.4 Å². The van der Waals surface area contributed by atoms with E-state index in [-0.39, 0.29) is 0 Å². The molecule has 2 rings (SSSR count). The molecule has 0 bridgehead atoms. The van der Waals surface area contributed by atoms with E-state index in [1.807, 2.05) is 6.07 Å². The van der Waals surface area contributed by atoms with Gasteiger partial charge in [-0.1, -0.05) is 27.5 Å². The van der Waals surface area contributed by atoms with Crippen LogP contribution in [0.25, 0.3) is 0 Å². The second-order valence-electron chi connectivity index (χ2n) is 3.60. The van der Waals surface area contributed by atoms with Crippen LogP contribution in [-0.2, 0) is 6.54 Å². The van der Waals surface area contributed by atoms with Gasteiger partial charge in [-0.15, -0.1) is 11.3 Å². The first-order valence-corrected chi connectivity index (χ1v) is 7.15. The van der Waals surface area contributed by atoms with Crippen molar-refractivity contribution in [3.63, 3.8) is 0 Å².